The van der Waals surface area contributed by atoms with Crippen molar-refractivity contribution < 1.29 is 9.53 Å². The molecule has 0 aromatic heterocycles. The lowest BCUT2D eigenvalue weighted by molar-refractivity contribution is -0.146. The molecular weight excluding hydrogens is 263 g/mol. The number of unbranched alkanes of at least 4 members (excludes halogenated alkanes) is 1. The van der Waals surface area contributed by atoms with Crippen LogP contribution in [0.2, 0.25) is 0 Å². The van der Waals surface area contributed by atoms with Crippen molar-refractivity contribution in [2.24, 2.45) is 0 Å². The van der Waals surface area contributed by atoms with Crippen LogP contribution in [0.5, 0.6) is 0 Å². The second-order valence-electron chi connectivity index (χ2n) is 4.30. The summed E-state index contributed by atoms with van der Waals surface area (Å²) in [5, 5.41) is 0. The summed E-state index contributed by atoms with van der Waals surface area (Å²) < 4.78 is 4.76. The molecule has 0 aliphatic carbocycles. The lowest BCUT2D eigenvalue weighted by Gasteiger charge is -2.21. The third-order valence-electron chi connectivity index (χ3n) is 2.43. The van der Waals surface area contributed by atoms with Gasteiger partial charge in [-0.2, -0.15) is 0 Å². The number of rotatable bonds is 7. The topological polar surface area (TPSA) is 32.8 Å². The molecule has 106 valence electrons. The second kappa shape index (κ2) is 12.4. The molecule has 0 amide bonds. The molecule has 0 aromatic carbocycles. The summed E-state index contributed by atoms with van der Waals surface area (Å²) in [6.07, 6.45) is 3.04. The first-order chi connectivity index (χ1) is 6.99. The van der Waals surface area contributed by atoms with Crippen molar-refractivity contribution in [2.75, 3.05) is 41.8 Å². The first-order valence-corrected chi connectivity index (χ1v) is 5.38. The molecule has 0 radical (unpaired) electrons. The highest BCUT2D eigenvalue weighted by Crippen LogP contribution is 2.07. The van der Waals surface area contributed by atoms with E-state index in [-0.39, 0.29) is 36.8 Å². The van der Waals surface area contributed by atoms with Gasteiger partial charge in [0.1, 0.15) is 6.04 Å². The Morgan fingerprint density at radius 1 is 1.12 bits per heavy atom. The maximum Gasteiger partial charge on any atom is 0.323 e. The summed E-state index contributed by atoms with van der Waals surface area (Å²) >= 11 is 0. The number of likely N-dealkylation sites (N-methyl/N-ethyl adjacent to an activating group) is 1. The average Bonchev–Trinajstić information content (AvgIpc) is 2.15. The van der Waals surface area contributed by atoms with Crippen molar-refractivity contribution >= 4 is 30.8 Å². The highest BCUT2D eigenvalue weighted by Gasteiger charge is 2.20. The molecule has 0 saturated carbocycles. The molecule has 0 unspecified atom stereocenters. The Balaban J connectivity index is -0.000000980. The lowest BCUT2D eigenvalue weighted by Crippen LogP contribution is -2.36. The predicted octanol–water partition coefficient (Wildman–Crippen LogP) is 1.67. The van der Waals surface area contributed by atoms with Crippen molar-refractivity contribution in [3.05, 3.63) is 0 Å². The Hall–Kier alpha value is -0.0300. The minimum Gasteiger partial charge on any atom is -0.468 e. The SMILES string of the molecule is COC(=O)[C@H](CCCCN(C)C)N(C)C.Cl.Cl. The van der Waals surface area contributed by atoms with Gasteiger partial charge in [-0.1, -0.05) is 6.42 Å². The highest BCUT2D eigenvalue weighted by atomic mass is 35.5. The largest absolute Gasteiger partial charge is 0.468 e. The fourth-order valence-electron chi connectivity index (χ4n) is 1.49. The van der Waals surface area contributed by atoms with E-state index >= 15 is 0 Å². The van der Waals surface area contributed by atoms with Crippen molar-refractivity contribution in [1.29, 1.82) is 0 Å². The van der Waals surface area contributed by atoms with Crippen LogP contribution in [0, 0.1) is 0 Å². The van der Waals surface area contributed by atoms with E-state index in [9.17, 15) is 4.79 Å². The maximum absolute atomic E-state index is 11.4. The van der Waals surface area contributed by atoms with Gasteiger partial charge in [0.2, 0.25) is 0 Å². The number of halogens is 2. The van der Waals surface area contributed by atoms with Gasteiger partial charge in [0.25, 0.3) is 0 Å². The number of hydrogen-bond donors (Lipinski definition) is 0. The smallest absolute Gasteiger partial charge is 0.323 e. The fourth-order valence-corrected chi connectivity index (χ4v) is 1.49. The van der Waals surface area contributed by atoms with Crippen LogP contribution in [0.1, 0.15) is 19.3 Å². The van der Waals surface area contributed by atoms with E-state index in [0.29, 0.717) is 0 Å². The van der Waals surface area contributed by atoms with Crippen LogP contribution < -0.4 is 0 Å². The van der Waals surface area contributed by atoms with E-state index in [4.69, 9.17) is 4.74 Å². The number of ether oxygens (including phenoxy) is 1. The lowest BCUT2D eigenvalue weighted by atomic mass is 10.1. The second-order valence-corrected chi connectivity index (χ2v) is 4.30. The Morgan fingerprint density at radius 3 is 2.00 bits per heavy atom. The standard InChI is InChI=1S/C11H24N2O2.2ClH/c1-12(2)9-7-6-8-10(13(3)4)11(14)15-5;;/h10H,6-9H2,1-5H3;2*1H/t10-;;/m0../s1. The molecule has 6 heteroatoms. The molecule has 17 heavy (non-hydrogen) atoms. The predicted molar refractivity (Wildman–Crippen MR) is 76.4 cm³/mol. The minimum atomic E-state index is -0.134. The van der Waals surface area contributed by atoms with Gasteiger partial charge in [-0.25, -0.2) is 0 Å². The molecule has 0 aliphatic rings. The van der Waals surface area contributed by atoms with E-state index < -0.39 is 0 Å². The van der Waals surface area contributed by atoms with Crippen molar-refractivity contribution in [1.82, 2.24) is 9.80 Å². The zero-order valence-corrected chi connectivity index (χ0v) is 13.1. The van der Waals surface area contributed by atoms with E-state index in [0.717, 1.165) is 25.8 Å². The zero-order chi connectivity index (χ0) is 11.8. The minimum absolute atomic E-state index is 0. The Labute approximate surface area is 117 Å². The molecule has 0 fully saturated rings. The number of hydrogen-bond acceptors (Lipinski definition) is 4. The van der Waals surface area contributed by atoms with Gasteiger partial charge in [0, 0.05) is 0 Å². The quantitative estimate of drug-likeness (QED) is 0.527. The van der Waals surface area contributed by atoms with Crippen molar-refractivity contribution in [3.8, 4) is 0 Å². The van der Waals surface area contributed by atoms with Crippen LogP contribution in [-0.4, -0.2) is 63.7 Å². The van der Waals surface area contributed by atoms with Crippen LogP contribution in [0.3, 0.4) is 0 Å². The third-order valence-corrected chi connectivity index (χ3v) is 2.43. The molecule has 4 nitrogen and oxygen atoms in total. The van der Waals surface area contributed by atoms with E-state index in [1.54, 1.807) is 0 Å². The van der Waals surface area contributed by atoms with Crippen molar-refractivity contribution in [3.63, 3.8) is 0 Å². The normalized spacial score (nSPS) is 11.7. The first kappa shape index (κ1) is 22.2. The molecule has 0 rings (SSSR count). The molecule has 0 saturated heterocycles. The van der Waals surface area contributed by atoms with Crippen LogP contribution >= 0.6 is 24.8 Å². The summed E-state index contributed by atoms with van der Waals surface area (Å²) in [5.41, 5.74) is 0. The van der Waals surface area contributed by atoms with Gasteiger partial charge < -0.3 is 9.64 Å². The van der Waals surface area contributed by atoms with Gasteiger partial charge in [0.05, 0.1) is 7.11 Å². The first-order valence-electron chi connectivity index (χ1n) is 5.38. The van der Waals surface area contributed by atoms with Crippen LogP contribution in [-0.2, 0) is 9.53 Å². The molecular formula is C11H26Cl2N2O2. The number of esters is 1. The van der Waals surface area contributed by atoms with E-state index in [1.165, 1.54) is 7.11 Å². The van der Waals surface area contributed by atoms with Gasteiger partial charge in [-0.05, 0) is 47.6 Å². The molecule has 0 bridgehead atoms. The summed E-state index contributed by atoms with van der Waals surface area (Å²) in [7, 11) is 9.38. The summed E-state index contributed by atoms with van der Waals surface area (Å²) in [6.45, 7) is 1.07. The Morgan fingerprint density at radius 2 is 1.65 bits per heavy atom. The highest BCUT2D eigenvalue weighted by molar-refractivity contribution is 5.85. The fraction of sp³-hybridized carbons (Fsp3) is 0.909. The number of nitrogens with zero attached hydrogens (tertiary/aromatic N) is 2. The van der Waals surface area contributed by atoms with Crippen LogP contribution in [0.15, 0.2) is 0 Å². The maximum atomic E-state index is 11.4. The summed E-state index contributed by atoms with van der Waals surface area (Å²) in [4.78, 5) is 15.5. The molecule has 0 aromatic rings. The summed E-state index contributed by atoms with van der Waals surface area (Å²) in [5.74, 6) is -0.134. The molecule has 0 spiro atoms. The number of methoxy groups -OCH3 is 1. The van der Waals surface area contributed by atoms with E-state index in [1.807, 2.05) is 19.0 Å². The molecule has 1 atom stereocenters. The van der Waals surface area contributed by atoms with Gasteiger partial charge in [-0.15, -0.1) is 24.8 Å². The summed E-state index contributed by atoms with van der Waals surface area (Å²) in [6, 6.07) is -0.0998. The van der Waals surface area contributed by atoms with Crippen molar-refractivity contribution in [2.45, 2.75) is 25.3 Å². The average molecular weight is 289 g/mol. The third kappa shape index (κ3) is 10.8. The van der Waals surface area contributed by atoms with Gasteiger partial charge >= 0.3 is 5.97 Å². The van der Waals surface area contributed by atoms with Gasteiger partial charge in [0.15, 0.2) is 0 Å². The molecule has 0 aliphatic heterocycles. The van der Waals surface area contributed by atoms with E-state index in [2.05, 4.69) is 19.0 Å². The number of carbonyl (C=O) groups is 1. The molecule has 0 heterocycles. The van der Waals surface area contributed by atoms with Crippen LogP contribution in [0.25, 0.3) is 0 Å². The Kier molecular flexibility index (Phi) is 16.2. The Bertz CT molecular complexity index is 190. The monoisotopic (exact) mass is 288 g/mol. The van der Waals surface area contributed by atoms with Gasteiger partial charge in [-0.3, -0.25) is 9.69 Å². The molecule has 0 N–H and O–H groups in total. The van der Waals surface area contributed by atoms with Crippen LogP contribution in [0.4, 0.5) is 0 Å². The number of carbonyl (C=O) groups excluding carboxylic acids is 1. The zero-order valence-electron chi connectivity index (χ0n) is 11.4.